The maximum Gasteiger partial charge on any atom is 0.242 e. The molecule has 0 saturated heterocycles. The molecule has 2 rings (SSSR count). The molecule has 0 bridgehead atoms. The maximum atomic E-state index is 12.4. The van der Waals surface area contributed by atoms with E-state index < -0.39 is 6.04 Å². The largest absolute Gasteiger partial charge is 0.361 e. The van der Waals surface area contributed by atoms with E-state index in [9.17, 15) is 9.59 Å². The van der Waals surface area contributed by atoms with Gasteiger partial charge in [-0.25, -0.2) is 0 Å². The van der Waals surface area contributed by atoms with Gasteiger partial charge in [-0.1, -0.05) is 44.4 Å². The molecule has 2 aromatic rings. The molecule has 0 aliphatic heterocycles. The van der Waals surface area contributed by atoms with Crippen LogP contribution >= 0.6 is 0 Å². The number of fused-ring (bicyclic) bond motifs is 1. The maximum absolute atomic E-state index is 12.4. The predicted molar refractivity (Wildman–Crippen MR) is 96.8 cm³/mol. The molecule has 1 heterocycles. The third-order valence-corrected chi connectivity index (χ3v) is 4.12. The highest BCUT2D eigenvalue weighted by atomic mass is 16.2. The summed E-state index contributed by atoms with van der Waals surface area (Å²) in [6, 6.07) is 7.42. The Bertz CT molecular complexity index is 678. The number of carbonyl (C=O) groups excluding carboxylic acids is 2. The van der Waals surface area contributed by atoms with E-state index >= 15 is 0 Å². The van der Waals surface area contributed by atoms with Crippen LogP contribution in [0.4, 0.5) is 0 Å². The number of hydrogen-bond acceptors (Lipinski definition) is 2. The molecular formula is C19H27N3O2. The van der Waals surface area contributed by atoms with Crippen LogP contribution in [0.5, 0.6) is 0 Å². The molecule has 0 spiro atoms. The number of amides is 2. The fourth-order valence-corrected chi connectivity index (χ4v) is 2.86. The molecule has 0 aliphatic carbocycles. The van der Waals surface area contributed by atoms with Gasteiger partial charge in [0.2, 0.25) is 11.8 Å². The summed E-state index contributed by atoms with van der Waals surface area (Å²) in [6.45, 7) is 4.26. The van der Waals surface area contributed by atoms with Gasteiger partial charge in [-0.3, -0.25) is 9.59 Å². The number of rotatable bonds is 9. The van der Waals surface area contributed by atoms with Crippen LogP contribution in [0.1, 0.15) is 45.1 Å². The Morgan fingerprint density at radius 1 is 1.17 bits per heavy atom. The molecule has 0 radical (unpaired) electrons. The molecule has 5 nitrogen and oxygen atoms in total. The van der Waals surface area contributed by atoms with E-state index in [1.807, 2.05) is 30.5 Å². The molecular weight excluding hydrogens is 302 g/mol. The monoisotopic (exact) mass is 329 g/mol. The van der Waals surface area contributed by atoms with Crippen LogP contribution in [0.15, 0.2) is 30.5 Å². The first-order valence-corrected chi connectivity index (χ1v) is 8.71. The van der Waals surface area contributed by atoms with E-state index in [1.54, 1.807) is 0 Å². The smallest absolute Gasteiger partial charge is 0.242 e. The van der Waals surface area contributed by atoms with Gasteiger partial charge in [-0.15, -0.1) is 0 Å². The third kappa shape index (κ3) is 5.11. The standard InChI is InChI=1S/C19H27N3O2/c1-3-4-5-8-11-20-19(24)18(22-14(2)23)12-15-13-21-17-10-7-6-9-16(15)17/h6-7,9-10,13,18,21H,3-5,8,11-12H2,1-2H3,(H,20,24)(H,22,23)/t18-/m1/s1. The minimum atomic E-state index is -0.548. The Labute approximate surface area is 143 Å². The minimum Gasteiger partial charge on any atom is -0.361 e. The summed E-state index contributed by atoms with van der Waals surface area (Å²) >= 11 is 0. The van der Waals surface area contributed by atoms with Gasteiger partial charge in [0, 0.05) is 37.0 Å². The quantitative estimate of drug-likeness (QED) is 0.619. The van der Waals surface area contributed by atoms with E-state index in [0.717, 1.165) is 29.3 Å². The van der Waals surface area contributed by atoms with Crippen LogP contribution < -0.4 is 10.6 Å². The lowest BCUT2D eigenvalue weighted by Gasteiger charge is -2.17. The van der Waals surface area contributed by atoms with Gasteiger partial charge < -0.3 is 15.6 Å². The van der Waals surface area contributed by atoms with E-state index in [-0.39, 0.29) is 11.8 Å². The Balaban J connectivity index is 1.99. The zero-order chi connectivity index (χ0) is 17.4. The minimum absolute atomic E-state index is 0.119. The van der Waals surface area contributed by atoms with Crippen molar-refractivity contribution in [3.63, 3.8) is 0 Å². The van der Waals surface area contributed by atoms with E-state index in [2.05, 4.69) is 22.5 Å². The lowest BCUT2D eigenvalue weighted by atomic mass is 10.0. The summed E-state index contributed by atoms with van der Waals surface area (Å²) in [5.74, 6) is -0.312. The summed E-state index contributed by atoms with van der Waals surface area (Å²) in [5.41, 5.74) is 2.07. The lowest BCUT2D eigenvalue weighted by molar-refractivity contribution is -0.128. The predicted octanol–water partition coefficient (Wildman–Crippen LogP) is 2.91. The first-order valence-electron chi connectivity index (χ1n) is 8.71. The second kappa shape index (κ2) is 9.11. The first-order chi connectivity index (χ1) is 11.6. The molecule has 1 aromatic carbocycles. The molecule has 24 heavy (non-hydrogen) atoms. The third-order valence-electron chi connectivity index (χ3n) is 4.12. The zero-order valence-electron chi connectivity index (χ0n) is 14.5. The van der Waals surface area contributed by atoms with Crippen LogP contribution in [0.2, 0.25) is 0 Å². The van der Waals surface area contributed by atoms with Crippen molar-refractivity contribution in [3.8, 4) is 0 Å². The van der Waals surface area contributed by atoms with Crippen LogP contribution in [0.25, 0.3) is 10.9 Å². The average Bonchev–Trinajstić information content (AvgIpc) is 2.97. The molecule has 1 aromatic heterocycles. The number of para-hydroxylation sites is 1. The van der Waals surface area contributed by atoms with Crippen molar-refractivity contribution >= 4 is 22.7 Å². The highest BCUT2D eigenvalue weighted by Gasteiger charge is 2.21. The van der Waals surface area contributed by atoms with Gasteiger partial charge in [0.1, 0.15) is 6.04 Å². The Morgan fingerprint density at radius 2 is 1.96 bits per heavy atom. The van der Waals surface area contributed by atoms with Gasteiger partial charge in [0.25, 0.3) is 0 Å². The highest BCUT2D eigenvalue weighted by Crippen LogP contribution is 2.19. The number of benzene rings is 1. The summed E-state index contributed by atoms with van der Waals surface area (Å²) in [4.78, 5) is 27.1. The first kappa shape index (κ1) is 18.0. The van der Waals surface area contributed by atoms with Crippen molar-refractivity contribution in [2.75, 3.05) is 6.54 Å². The number of carbonyl (C=O) groups is 2. The van der Waals surface area contributed by atoms with Crippen molar-refractivity contribution < 1.29 is 9.59 Å². The van der Waals surface area contributed by atoms with Crippen LogP contribution in [0.3, 0.4) is 0 Å². The highest BCUT2D eigenvalue weighted by molar-refractivity contribution is 5.89. The number of unbranched alkanes of at least 4 members (excludes halogenated alkanes) is 3. The van der Waals surface area contributed by atoms with Crippen molar-refractivity contribution in [3.05, 3.63) is 36.0 Å². The van der Waals surface area contributed by atoms with Crippen LogP contribution in [0, 0.1) is 0 Å². The normalized spacial score (nSPS) is 12.1. The number of aromatic amines is 1. The average molecular weight is 329 g/mol. The Hall–Kier alpha value is -2.30. The summed E-state index contributed by atoms with van der Waals surface area (Å²) in [6.07, 6.45) is 6.82. The SMILES string of the molecule is CCCCCCNC(=O)[C@@H](Cc1c[nH]c2ccccc12)NC(C)=O. The number of H-pyrrole nitrogens is 1. The summed E-state index contributed by atoms with van der Waals surface area (Å²) < 4.78 is 0. The van der Waals surface area contributed by atoms with Crippen molar-refractivity contribution in [2.45, 2.75) is 52.0 Å². The molecule has 0 fully saturated rings. The molecule has 0 saturated carbocycles. The molecule has 5 heteroatoms. The fourth-order valence-electron chi connectivity index (χ4n) is 2.86. The number of aromatic nitrogens is 1. The molecule has 0 aliphatic rings. The lowest BCUT2D eigenvalue weighted by Crippen LogP contribution is -2.47. The Morgan fingerprint density at radius 3 is 2.71 bits per heavy atom. The molecule has 3 N–H and O–H groups in total. The topological polar surface area (TPSA) is 74.0 Å². The zero-order valence-corrected chi connectivity index (χ0v) is 14.5. The molecule has 2 amide bonds. The fraction of sp³-hybridized carbons (Fsp3) is 0.474. The second-order valence-corrected chi connectivity index (χ2v) is 6.17. The summed E-state index contributed by atoms with van der Waals surface area (Å²) in [7, 11) is 0. The van der Waals surface area contributed by atoms with Gasteiger partial charge >= 0.3 is 0 Å². The molecule has 0 unspecified atom stereocenters. The van der Waals surface area contributed by atoms with Gasteiger partial charge in [0.05, 0.1) is 0 Å². The number of nitrogens with one attached hydrogen (secondary N) is 3. The van der Waals surface area contributed by atoms with E-state index in [1.165, 1.54) is 19.8 Å². The number of hydrogen-bond donors (Lipinski definition) is 3. The van der Waals surface area contributed by atoms with Gasteiger partial charge in [0.15, 0.2) is 0 Å². The summed E-state index contributed by atoms with van der Waals surface area (Å²) in [5, 5.41) is 6.80. The van der Waals surface area contributed by atoms with E-state index in [4.69, 9.17) is 0 Å². The molecule has 1 atom stereocenters. The van der Waals surface area contributed by atoms with E-state index in [0.29, 0.717) is 13.0 Å². The second-order valence-electron chi connectivity index (χ2n) is 6.17. The van der Waals surface area contributed by atoms with Crippen molar-refractivity contribution in [1.82, 2.24) is 15.6 Å². The Kier molecular flexibility index (Phi) is 6.85. The van der Waals surface area contributed by atoms with Crippen LogP contribution in [-0.4, -0.2) is 29.4 Å². The van der Waals surface area contributed by atoms with Crippen molar-refractivity contribution in [1.29, 1.82) is 0 Å². The van der Waals surface area contributed by atoms with Crippen molar-refractivity contribution in [2.24, 2.45) is 0 Å². The van der Waals surface area contributed by atoms with Gasteiger partial charge in [-0.05, 0) is 18.1 Å². The van der Waals surface area contributed by atoms with Gasteiger partial charge in [-0.2, -0.15) is 0 Å². The molecule has 130 valence electrons. The van der Waals surface area contributed by atoms with Crippen LogP contribution in [-0.2, 0) is 16.0 Å².